The standard InChI is InChI=1S/C20H20Cl2FNO3S2/c1-28-11-12-7-14(23)9-17-18(10-24-20(12)17)15(3-2-6-29(25,26)27)16-5-4-13(21)8-19(16)22/h4-5,7-10,15,24H,2-3,6,11H2,1H3,(H,25,26,27). The first-order chi connectivity index (χ1) is 13.7. The van der Waals surface area contributed by atoms with Gasteiger partial charge >= 0.3 is 0 Å². The zero-order valence-electron chi connectivity index (χ0n) is 15.6. The molecule has 1 heterocycles. The van der Waals surface area contributed by atoms with Crippen LogP contribution in [-0.4, -0.2) is 30.0 Å². The lowest BCUT2D eigenvalue weighted by atomic mass is 9.87. The number of halogens is 3. The zero-order valence-corrected chi connectivity index (χ0v) is 18.7. The average molecular weight is 476 g/mol. The lowest BCUT2D eigenvalue weighted by molar-refractivity contribution is 0.479. The van der Waals surface area contributed by atoms with E-state index in [1.807, 2.05) is 12.5 Å². The summed E-state index contributed by atoms with van der Waals surface area (Å²) in [5.74, 6) is -0.326. The second-order valence-corrected chi connectivity index (χ2v) is 10.1. The van der Waals surface area contributed by atoms with Gasteiger partial charge in [-0.25, -0.2) is 4.39 Å². The van der Waals surface area contributed by atoms with Crippen LogP contribution in [0.4, 0.5) is 4.39 Å². The van der Waals surface area contributed by atoms with Gasteiger partial charge in [-0.3, -0.25) is 4.55 Å². The van der Waals surface area contributed by atoms with Gasteiger partial charge < -0.3 is 4.98 Å². The Bertz CT molecular complexity index is 1130. The van der Waals surface area contributed by atoms with Crippen molar-refractivity contribution in [1.29, 1.82) is 0 Å². The van der Waals surface area contributed by atoms with Crippen LogP contribution < -0.4 is 0 Å². The third kappa shape index (κ3) is 5.47. The maximum absolute atomic E-state index is 14.3. The van der Waals surface area contributed by atoms with Crippen molar-refractivity contribution in [3.63, 3.8) is 0 Å². The average Bonchev–Trinajstić information content (AvgIpc) is 3.02. The molecule has 1 aromatic heterocycles. The van der Waals surface area contributed by atoms with Crippen molar-refractivity contribution in [2.24, 2.45) is 0 Å². The maximum atomic E-state index is 14.3. The maximum Gasteiger partial charge on any atom is 0.264 e. The number of H-pyrrole nitrogens is 1. The Kier molecular flexibility index (Phi) is 7.17. The van der Waals surface area contributed by atoms with Crippen LogP contribution in [0, 0.1) is 5.82 Å². The SMILES string of the molecule is CSCc1cc(F)cc2c(C(CCCS(=O)(=O)O)c3ccc(Cl)cc3Cl)c[nH]c12. The Labute approximate surface area is 183 Å². The Balaban J connectivity index is 2.10. The second-order valence-electron chi connectivity index (χ2n) is 6.81. The first-order valence-corrected chi connectivity index (χ1v) is 12.6. The number of thioether (sulfide) groups is 1. The van der Waals surface area contributed by atoms with E-state index in [-0.39, 0.29) is 23.9 Å². The lowest BCUT2D eigenvalue weighted by Crippen LogP contribution is -2.08. The smallest absolute Gasteiger partial charge is 0.264 e. The summed E-state index contributed by atoms with van der Waals surface area (Å²) in [7, 11) is -4.08. The molecule has 1 atom stereocenters. The summed E-state index contributed by atoms with van der Waals surface area (Å²) in [6.07, 6.45) is 4.40. The number of fused-ring (bicyclic) bond motifs is 1. The van der Waals surface area contributed by atoms with Gasteiger partial charge in [0.05, 0.1) is 5.75 Å². The van der Waals surface area contributed by atoms with Gasteiger partial charge in [0.1, 0.15) is 5.82 Å². The van der Waals surface area contributed by atoms with Crippen LogP contribution in [-0.2, 0) is 15.9 Å². The van der Waals surface area contributed by atoms with Crippen molar-refractivity contribution in [2.45, 2.75) is 24.5 Å². The molecule has 0 radical (unpaired) electrons. The van der Waals surface area contributed by atoms with E-state index in [1.54, 1.807) is 30.0 Å². The third-order valence-electron chi connectivity index (χ3n) is 4.78. The van der Waals surface area contributed by atoms with Crippen LogP contribution in [0.1, 0.15) is 35.4 Å². The number of rotatable bonds is 8. The molecule has 0 amide bonds. The molecule has 4 nitrogen and oxygen atoms in total. The Morgan fingerprint density at radius 2 is 1.97 bits per heavy atom. The molecule has 0 saturated carbocycles. The molecule has 156 valence electrons. The van der Waals surface area contributed by atoms with Crippen LogP contribution in [0.15, 0.2) is 36.5 Å². The second kappa shape index (κ2) is 9.27. The number of aromatic nitrogens is 1. The van der Waals surface area contributed by atoms with Crippen molar-refractivity contribution in [3.05, 3.63) is 69.1 Å². The number of aromatic amines is 1. The van der Waals surface area contributed by atoms with Gasteiger partial charge in [0.25, 0.3) is 10.1 Å². The lowest BCUT2D eigenvalue weighted by Gasteiger charge is -2.19. The van der Waals surface area contributed by atoms with Crippen LogP contribution in [0.25, 0.3) is 10.9 Å². The number of hydrogen-bond donors (Lipinski definition) is 2. The molecule has 0 fully saturated rings. The molecule has 3 rings (SSSR count). The minimum atomic E-state index is -4.08. The largest absolute Gasteiger partial charge is 0.361 e. The summed E-state index contributed by atoms with van der Waals surface area (Å²) in [5, 5.41) is 1.67. The first-order valence-electron chi connectivity index (χ1n) is 8.88. The number of hydrogen-bond acceptors (Lipinski definition) is 3. The van der Waals surface area contributed by atoms with E-state index in [4.69, 9.17) is 27.8 Å². The topological polar surface area (TPSA) is 70.2 Å². The Morgan fingerprint density at radius 1 is 1.21 bits per heavy atom. The van der Waals surface area contributed by atoms with E-state index in [9.17, 15) is 12.8 Å². The molecule has 0 bridgehead atoms. The normalized spacial score (nSPS) is 13.1. The quantitative estimate of drug-likeness (QED) is 0.376. The predicted octanol–water partition coefficient (Wildman–Crippen LogP) is 6.28. The van der Waals surface area contributed by atoms with E-state index in [0.29, 0.717) is 22.2 Å². The summed E-state index contributed by atoms with van der Waals surface area (Å²) < 4.78 is 45.8. The fraction of sp³-hybridized carbons (Fsp3) is 0.300. The molecule has 0 spiro atoms. The predicted molar refractivity (Wildman–Crippen MR) is 119 cm³/mol. The van der Waals surface area contributed by atoms with Crippen molar-refractivity contribution in [2.75, 3.05) is 12.0 Å². The molecular formula is C20H20Cl2FNO3S2. The highest BCUT2D eigenvalue weighted by molar-refractivity contribution is 7.97. The first kappa shape index (κ1) is 22.4. The minimum absolute atomic E-state index is 0.224. The van der Waals surface area contributed by atoms with Crippen LogP contribution in [0.3, 0.4) is 0 Å². The molecule has 2 aromatic carbocycles. The molecule has 2 N–H and O–H groups in total. The molecule has 0 saturated heterocycles. The summed E-state index contributed by atoms with van der Waals surface area (Å²) in [4.78, 5) is 3.24. The Morgan fingerprint density at radius 3 is 2.62 bits per heavy atom. The molecule has 1 unspecified atom stereocenters. The monoisotopic (exact) mass is 475 g/mol. The molecule has 9 heteroatoms. The van der Waals surface area contributed by atoms with E-state index in [2.05, 4.69) is 4.98 Å². The van der Waals surface area contributed by atoms with Crippen LogP contribution in [0.5, 0.6) is 0 Å². The molecule has 0 aliphatic heterocycles. The van der Waals surface area contributed by atoms with Gasteiger partial charge in [0, 0.05) is 38.8 Å². The van der Waals surface area contributed by atoms with Crippen molar-refractivity contribution < 1.29 is 17.4 Å². The highest BCUT2D eigenvalue weighted by atomic mass is 35.5. The van der Waals surface area contributed by atoms with Crippen LogP contribution in [0.2, 0.25) is 10.0 Å². The Hall–Kier alpha value is -1.25. The fourth-order valence-corrected chi connectivity index (χ4v) is 5.19. The highest BCUT2D eigenvalue weighted by Crippen LogP contribution is 2.39. The number of nitrogens with one attached hydrogen (secondary N) is 1. The van der Waals surface area contributed by atoms with E-state index >= 15 is 0 Å². The summed E-state index contributed by atoms with van der Waals surface area (Å²) in [5.41, 5.74) is 3.29. The van der Waals surface area contributed by atoms with Gasteiger partial charge in [0.2, 0.25) is 0 Å². The van der Waals surface area contributed by atoms with Crippen LogP contribution >= 0.6 is 35.0 Å². The van der Waals surface area contributed by atoms with E-state index in [1.165, 1.54) is 12.1 Å². The number of benzene rings is 2. The fourth-order valence-electron chi connectivity index (χ4n) is 3.58. The van der Waals surface area contributed by atoms with E-state index < -0.39 is 10.1 Å². The van der Waals surface area contributed by atoms with Crippen molar-refractivity contribution >= 4 is 56.0 Å². The summed E-state index contributed by atoms with van der Waals surface area (Å²) in [6.45, 7) is 0. The third-order valence-corrected chi connectivity index (χ3v) is 6.74. The summed E-state index contributed by atoms with van der Waals surface area (Å²) in [6, 6.07) is 8.13. The van der Waals surface area contributed by atoms with E-state index in [0.717, 1.165) is 27.6 Å². The minimum Gasteiger partial charge on any atom is -0.361 e. The molecule has 29 heavy (non-hydrogen) atoms. The molecule has 0 aliphatic rings. The van der Waals surface area contributed by atoms with Gasteiger partial charge in [-0.15, -0.1) is 0 Å². The van der Waals surface area contributed by atoms with Gasteiger partial charge in [-0.2, -0.15) is 20.2 Å². The van der Waals surface area contributed by atoms with Crippen molar-refractivity contribution in [3.8, 4) is 0 Å². The zero-order chi connectivity index (χ0) is 21.2. The summed E-state index contributed by atoms with van der Waals surface area (Å²) >= 11 is 14.1. The van der Waals surface area contributed by atoms with Gasteiger partial charge in [0.15, 0.2) is 0 Å². The molecular weight excluding hydrogens is 456 g/mol. The molecule has 0 aliphatic carbocycles. The highest BCUT2D eigenvalue weighted by Gasteiger charge is 2.23. The van der Waals surface area contributed by atoms with Crippen molar-refractivity contribution in [1.82, 2.24) is 4.98 Å². The molecule has 3 aromatic rings. The van der Waals surface area contributed by atoms with Gasteiger partial charge in [-0.1, -0.05) is 29.3 Å². The van der Waals surface area contributed by atoms with Gasteiger partial charge in [-0.05, 0) is 60.1 Å².